The lowest BCUT2D eigenvalue weighted by Crippen LogP contribution is -2.38. The maximum atomic E-state index is 14.4. The first-order chi connectivity index (χ1) is 14.3. The highest BCUT2D eigenvalue weighted by atomic mass is 35.5. The lowest BCUT2D eigenvalue weighted by atomic mass is 9.82. The molecular formula is C21H20ClF4NO4. The minimum absolute atomic E-state index is 0.00911. The summed E-state index contributed by atoms with van der Waals surface area (Å²) in [6, 6.07) is 2.65. The number of aromatic nitrogens is 1. The van der Waals surface area contributed by atoms with Crippen molar-refractivity contribution in [1.82, 2.24) is 4.98 Å². The maximum absolute atomic E-state index is 14.4. The zero-order valence-electron chi connectivity index (χ0n) is 17.0. The van der Waals surface area contributed by atoms with Gasteiger partial charge in [0.15, 0.2) is 11.6 Å². The van der Waals surface area contributed by atoms with Crippen molar-refractivity contribution in [2.45, 2.75) is 45.1 Å². The Hall–Kier alpha value is -2.55. The van der Waals surface area contributed by atoms with Gasteiger partial charge in [-0.1, -0.05) is 11.6 Å². The lowest BCUT2D eigenvalue weighted by molar-refractivity contribution is -0.119. The third kappa shape index (κ3) is 6.00. The topological polar surface area (TPSA) is 57.7 Å². The van der Waals surface area contributed by atoms with Gasteiger partial charge in [0, 0.05) is 30.9 Å². The Bertz CT molecular complexity index is 986. The number of nitrogens with zero attached hydrogens (tertiary/aromatic N) is 1. The largest absolute Gasteiger partial charge is 0.476 e. The molecule has 5 nitrogen and oxygen atoms in total. The number of halogens is 5. The van der Waals surface area contributed by atoms with E-state index in [1.807, 2.05) is 0 Å². The number of carbonyl (C=O) groups is 1. The van der Waals surface area contributed by atoms with Gasteiger partial charge in [-0.15, -0.1) is 0 Å². The summed E-state index contributed by atoms with van der Waals surface area (Å²) in [4.78, 5) is 15.9. The quantitative estimate of drug-likeness (QED) is 0.379. The van der Waals surface area contributed by atoms with E-state index in [1.165, 1.54) is 6.07 Å². The molecule has 1 heterocycles. The van der Waals surface area contributed by atoms with Crippen LogP contribution in [0.4, 0.5) is 17.6 Å². The Morgan fingerprint density at radius 2 is 1.87 bits per heavy atom. The minimum Gasteiger partial charge on any atom is -0.476 e. The second-order valence-electron chi connectivity index (χ2n) is 8.27. The number of rotatable bonds is 6. The summed E-state index contributed by atoms with van der Waals surface area (Å²) in [5.41, 5.74) is -1.44. The van der Waals surface area contributed by atoms with Gasteiger partial charge in [-0.25, -0.2) is 27.3 Å². The number of carbonyl (C=O) groups excluding carboxylic acids is 1. The maximum Gasteiger partial charge on any atom is 0.341 e. The van der Waals surface area contributed by atoms with Crippen LogP contribution in [0.1, 0.15) is 44.0 Å². The van der Waals surface area contributed by atoms with Crippen molar-refractivity contribution >= 4 is 17.6 Å². The van der Waals surface area contributed by atoms with Crippen LogP contribution in [-0.4, -0.2) is 29.1 Å². The Labute approximate surface area is 181 Å². The molecule has 1 aromatic heterocycles. The second kappa shape index (κ2) is 8.53. The predicted molar refractivity (Wildman–Crippen MR) is 104 cm³/mol. The van der Waals surface area contributed by atoms with Gasteiger partial charge in [-0.3, -0.25) is 0 Å². The first-order valence-electron chi connectivity index (χ1n) is 9.39. The molecule has 0 spiro atoms. The average Bonchev–Trinajstić information content (AvgIpc) is 2.60. The van der Waals surface area contributed by atoms with Crippen molar-refractivity contribution in [2.24, 2.45) is 5.92 Å². The summed E-state index contributed by atoms with van der Waals surface area (Å²) in [7, 11) is 0. The van der Waals surface area contributed by atoms with Gasteiger partial charge in [-0.05, 0) is 26.8 Å². The van der Waals surface area contributed by atoms with Crippen LogP contribution in [0.2, 0.25) is 5.02 Å². The van der Waals surface area contributed by atoms with E-state index < -0.39 is 40.4 Å². The predicted octanol–water partition coefficient (Wildman–Crippen LogP) is 6.18. The number of hydrogen-bond donors (Lipinski definition) is 0. The molecule has 0 amide bonds. The Kier molecular flexibility index (Phi) is 6.36. The average molecular weight is 462 g/mol. The van der Waals surface area contributed by atoms with Gasteiger partial charge in [-0.2, -0.15) is 0 Å². The van der Waals surface area contributed by atoms with Crippen LogP contribution in [0.3, 0.4) is 0 Å². The van der Waals surface area contributed by atoms with Gasteiger partial charge < -0.3 is 14.2 Å². The van der Waals surface area contributed by atoms with Gasteiger partial charge in [0.05, 0.1) is 18.4 Å². The van der Waals surface area contributed by atoms with Crippen molar-refractivity contribution in [3.8, 4) is 17.4 Å². The van der Waals surface area contributed by atoms with Crippen LogP contribution in [0.15, 0.2) is 24.4 Å². The van der Waals surface area contributed by atoms with E-state index in [2.05, 4.69) is 4.98 Å². The first-order valence-corrected chi connectivity index (χ1v) is 9.77. The van der Waals surface area contributed by atoms with E-state index in [0.29, 0.717) is 12.1 Å². The molecular weight excluding hydrogens is 442 g/mol. The molecule has 168 valence electrons. The molecule has 10 heteroatoms. The van der Waals surface area contributed by atoms with Gasteiger partial charge in [0.2, 0.25) is 11.8 Å². The lowest BCUT2D eigenvalue weighted by Gasteiger charge is -2.34. The van der Waals surface area contributed by atoms with E-state index >= 15 is 0 Å². The van der Waals surface area contributed by atoms with Crippen LogP contribution < -0.4 is 9.47 Å². The molecule has 0 radical (unpaired) electrons. The van der Waals surface area contributed by atoms with Gasteiger partial charge in [0.25, 0.3) is 0 Å². The van der Waals surface area contributed by atoms with Crippen LogP contribution >= 0.6 is 11.6 Å². The number of ether oxygens (including phenoxy) is 3. The molecule has 1 saturated carbocycles. The Morgan fingerprint density at radius 3 is 2.45 bits per heavy atom. The molecule has 1 aromatic carbocycles. The summed E-state index contributed by atoms with van der Waals surface area (Å²) < 4.78 is 70.1. The van der Waals surface area contributed by atoms with Gasteiger partial charge in [0.1, 0.15) is 22.2 Å². The number of alkyl halides is 2. The van der Waals surface area contributed by atoms with Crippen LogP contribution in [0.25, 0.3) is 0 Å². The number of esters is 1. The zero-order valence-corrected chi connectivity index (χ0v) is 17.7. The molecule has 1 aliphatic rings. The fraction of sp³-hybridized carbons (Fsp3) is 0.429. The van der Waals surface area contributed by atoms with Crippen LogP contribution in [-0.2, 0) is 4.74 Å². The van der Waals surface area contributed by atoms with Crippen LogP contribution in [0, 0.1) is 17.6 Å². The molecule has 0 N–H and O–H groups in total. The monoisotopic (exact) mass is 461 g/mol. The summed E-state index contributed by atoms with van der Waals surface area (Å²) in [6.07, 6.45) is 0.654. The normalized spacial score (nSPS) is 15.9. The molecule has 2 aromatic rings. The van der Waals surface area contributed by atoms with E-state index in [0.717, 1.165) is 6.20 Å². The highest BCUT2D eigenvalue weighted by molar-refractivity contribution is 6.31. The van der Waals surface area contributed by atoms with Crippen molar-refractivity contribution in [3.63, 3.8) is 0 Å². The Morgan fingerprint density at radius 1 is 1.19 bits per heavy atom. The minimum atomic E-state index is -2.65. The Balaban J connectivity index is 1.67. The molecule has 0 saturated heterocycles. The number of pyridine rings is 1. The van der Waals surface area contributed by atoms with E-state index in [9.17, 15) is 22.4 Å². The molecule has 0 aliphatic heterocycles. The standard InChI is InChI=1S/C21H20ClF4NO4/c1-20(2,3)31-19(28)13-5-16(24)17(6-15(13)23)30-12-4-14(22)18(27-9-12)29-10-11-7-21(25,26)8-11/h4-6,9,11H,7-8,10H2,1-3H3. The third-order valence-electron chi connectivity index (χ3n) is 4.28. The fourth-order valence-electron chi connectivity index (χ4n) is 2.89. The number of hydrogen-bond acceptors (Lipinski definition) is 5. The highest BCUT2D eigenvalue weighted by Gasteiger charge is 2.45. The molecule has 31 heavy (non-hydrogen) atoms. The molecule has 0 unspecified atom stereocenters. The molecule has 1 fully saturated rings. The summed E-state index contributed by atoms with van der Waals surface area (Å²) in [5, 5.41) is 0.00911. The summed E-state index contributed by atoms with van der Waals surface area (Å²) >= 11 is 6.05. The number of benzene rings is 1. The first kappa shape index (κ1) is 23.1. The summed E-state index contributed by atoms with van der Waals surface area (Å²) in [5.74, 6) is -6.47. The SMILES string of the molecule is CC(C)(C)OC(=O)c1cc(F)c(Oc2cnc(OCC3CC(F)(F)C3)c(Cl)c2)cc1F. The van der Waals surface area contributed by atoms with Gasteiger partial charge >= 0.3 is 5.97 Å². The van der Waals surface area contributed by atoms with Crippen molar-refractivity contribution in [2.75, 3.05) is 6.61 Å². The highest BCUT2D eigenvalue weighted by Crippen LogP contribution is 2.42. The van der Waals surface area contributed by atoms with E-state index in [4.69, 9.17) is 25.8 Å². The van der Waals surface area contributed by atoms with Crippen molar-refractivity contribution in [3.05, 3.63) is 46.6 Å². The molecule has 3 rings (SSSR count). The second-order valence-corrected chi connectivity index (χ2v) is 8.67. The molecule has 1 aliphatic carbocycles. The fourth-order valence-corrected chi connectivity index (χ4v) is 3.10. The molecule has 0 bridgehead atoms. The third-order valence-corrected chi connectivity index (χ3v) is 4.55. The van der Waals surface area contributed by atoms with E-state index in [-0.39, 0.29) is 42.0 Å². The van der Waals surface area contributed by atoms with E-state index in [1.54, 1.807) is 20.8 Å². The van der Waals surface area contributed by atoms with Crippen LogP contribution in [0.5, 0.6) is 17.4 Å². The smallest absolute Gasteiger partial charge is 0.341 e. The summed E-state index contributed by atoms with van der Waals surface area (Å²) in [6.45, 7) is 4.83. The zero-order chi connectivity index (χ0) is 23.0. The molecule has 0 atom stereocenters. The van der Waals surface area contributed by atoms with Crippen molar-refractivity contribution < 1.29 is 36.6 Å². The van der Waals surface area contributed by atoms with Crippen molar-refractivity contribution in [1.29, 1.82) is 0 Å².